The van der Waals surface area contributed by atoms with E-state index in [-0.39, 0.29) is 10.8 Å². The zero-order chi connectivity index (χ0) is 15.7. The molecule has 4 rings (SSSR count). The predicted octanol–water partition coefficient (Wildman–Crippen LogP) is 3.07. The van der Waals surface area contributed by atoms with Gasteiger partial charge in [-0.05, 0) is 30.5 Å². The molecule has 1 saturated heterocycles. The van der Waals surface area contributed by atoms with Crippen molar-refractivity contribution in [3.63, 3.8) is 0 Å². The van der Waals surface area contributed by atoms with Gasteiger partial charge in [0.2, 0.25) is 5.91 Å². The maximum atomic E-state index is 12.5. The number of nitrogens with zero attached hydrogens (tertiary/aromatic N) is 4. The van der Waals surface area contributed by atoms with Crippen LogP contribution in [0.1, 0.15) is 37.7 Å². The molecule has 120 valence electrons. The van der Waals surface area contributed by atoms with Crippen LogP contribution in [-0.2, 0) is 11.3 Å². The van der Waals surface area contributed by atoms with E-state index in [0.29, 0.717) is 12.3 Å². The van der Waals surface area contributed by atoms with Crippen molar-refractivity contribution in [2.75, 3.05) is 10.7 Å². The Kier molecular flexibility index (Phi) is 3.85. The van der Waals surface area contributed by atoms with Crippen LogP contribution in [0, 0.1) is 0 Å². The lowest BCUT2D eigenvalue weighted by atomic mass is 9.93. The van der Waals surface area contributed by atoms with Gasteiger partial charge in [0.1, 0.15) is 0 Å². The highest BCUT2D eigenvalue weighted by Gasteiger charge is 2.47. The lowest BCUT2D eigenvalue weighted by Crippen LogP contribution is -2.45. The van der Waals surface area contributed by atoms with E-state index in [0.717, 1.165) is 24.1 Å². The van der Waals surface area contributed by atoms with Crippen molar-refractivity contribution in [1.82, 2.24) is 15.0 Å². The summed E-state index contributed by atoms with van der Waals surface area (Å²) in [6, 6.07) is 8.33. The first-order valence-electron chi connectivity index (χ1n) is 8.17. The maximum Gasteiger partial charge on any atom is 0.238 e. The molecular formula is C17H20N4OS. The molecule has 0 bridgehead atoms. The van der Waals surface area contributed by atoms with Gasteiger partial charge in [0, 0.05) is 11.9 Å². The SMILES string of the molecule is O=C1CSC2(CCCCC2)N1c1ccc(Cn2ccnn2)cc1. The summed E-state index contributed by atoms with van der Waals surface area (Å²) < 4.78 is 1.80. The highest BCUT2D eigenvalue weighted by atomic mass is 32.2. The second-order valence-corrected chi connectivity index (χ2v) is 7.63. The Hall–Kier alpha value is -1.82. The van der Waals surface area contributed by atoms with Gasteiger partial charge in [0.25, 0.3) is 0 Å². The molecule has 2 fully saturated rings. The van der Waals surface area contributed by atoms with E-state index in [1.54, 1.807) is 10.9 Å². The molecule has 1 aliphatic heterocycles. The summed E-state index contributed by atoms with van der Waals surface area (Å²) in [6.07, 6.45) is 9.50. The Bertz CT molecular complexity index is 677. The predicted molar refractivity (Wildman–Crippen MR) is 91.3 cm³/mol. The van der Waals surface area contributed by atoms with Gasteiger partial charge in [-0.3, -0.25) is 9.69 Å². The van der Waals surface area contributed by atoms with Crippen LogP contribution in [0.3, 0.4) is 0 Å². The first kappa shape index (κ1) is 14.8. The van der Waals surface area contributed by atoms with Crippen LogP contribution in [0.2, 0.25) is 0 Å². The van der Waals surface area contributed by atoms with Crippen molar-refractivity contribution in [3.8, 4) is 0 Å². The average Bonchev–Trinajstić information content (AvgIpc) is 3.19. The normalized spacial score (nSPS) is 20.3. The third-order valence-electron chi connectivity index (χ3n) is 4.77. The number of amides is 1. The molecule has 23 heavy (non-hydrogen) atoms. The van der Waals surface area contributed by atoms with Crippen molar-refractivity contribution in [3.05, 3.63) is 42.2 Å². The summed E-state index contributed by atoms with van der Waals surface area (Å²) in [6.45, 7) is 0.702. The number of anilines is 1. The number of aromatic nitrogens is 3. The monoisotopic (exact) mass is 328 g/mol. The molecule has 1 spiro atoms. The van der Waals surface area contributed by atoms with E-state index in [1.807, 2.05) is 18.0 Å². The topological polar surface area (TPSA) is 51.0 Å². The van der Waals surface area contributed by atoms with E-state index < -0.39 is 0 Å². The zero-order valence-corrected chi connectivity index (χ0v) is 13.8. The van der Waals surface area contributed by atoms with E-state index in [4.69, 9.17) is 0 Å². The number of carbonyl (C=O) groups excluding carboxylic acids is 1. The standard InChI is InChI=1S/C17H20N4OS/c22-16-13-23-17(8-2-1-3-9-17)21(16)15-6-4-14(5-7-15)12-20-11-10-18-19-20/h4-7,10-11H,1-3,8-9,12-13H2. The fourth-order valence-corrected chi connectivity index (χ4v) is 5.09. The molecule has 1 aromatic heterocycles. The van der Waals surface area contributed by atoms with Crippen LogP contribution >= 0.6 is 11.8 Å². The minimum absolute atomic E-state index is 0.00273. The van der Waals surface area contributed by atoms with Gasteiger partial charge in [-0.25, -0.2) is 4.68 Å². The summed E-state index contributed by atoms with van der Waals surface area (Å²) in [4.78, 5) is 14.5. The molecule has 1 amide bonds. The number of benzene rings is 1. The lowest BCUT2D eigenvalue weighted by molar-refractivity contribution is -0.116. The van der Waals surface area contributed by atoms with E-state index in [1.165, 1.54) is 19.3 Å². The second kappa shape index (κ2) is 6.00. The first-order valence-corrected chi connectivity index (χ1v) is 9.15. The minimum atomic E-state index is 0.00273. The molecule has 0 N–H and O–H groups in total. The fourth-order valence-electron chi connectivity index (χ4n) is 3.66. The number of hydrogen-bond donors (Lipinski definition) is 0. The number of thioether (sulfide) groups is 1. The van der Waals surface area contributed by atoms with Crippen LogP contribution < -0.4 is 4.90 Å². The van der Waals surface area contributed by atoms with Gasteiger partial charge in [-0.2, -0.15) is 0 Å². The van der Waals surface area contributed by atoms with Gasteiger partial charge >= 0.3 is 0 Å². The summed E-state index contributed by atoms with van der Waals surface area (Å²) in [5.41, 5.74) is 2.19. The van der Waals surface area contributed by atoms with Gasteiger partial charge in [0.15, 0.2) is 0 Å². The quantitative estimate of drug-likeness (QED) is 0.869. The summed E-state index contributed by atoms with van der Waals surface area (Å²) >= 11 is 1.84. The Morgan fingerprint density at radius 3 is 2.61 bits per heavy atom. The van der Waals surface area contributed by atoms with Crippen LogP contribution in [0.5, 0.6) is 0 Å². The minimum Gasteiger partial charge on any atom is -0.297 e. The summed E-state index contributed by atoms with van der Waals surface area (Å²) in [7, 11) is 0. The van der Waals surface area contributed by atoms with Crippen LogP contribution in [0.15, 0.2) is 36.7 Å². The van der Waals surface area contributed by atoms with Crippen LogP contribution in [-0.4, -0.2) is 31.5 Å². The number of carbonyl (C=O) groups is 1. The zero-order valence-electron chi connectivity index (χ0n) is 13.0. The molecule has 2 aliphatic rings. The van der Waals surface area contributed by atoms with Crippen molar-refractivity contribution in [2.24, 2.45) is 0 Å². The smallest absolute Gasteiger partial charge is 0.238 e. The molecule has 5 nitrogen and oxygen atoms in total. The lowest BCUT2D eigenvalue weighted by Gasteiger charge is -2.40. The molecule has 6 heteroatoms. The number of rotatable bonds is 3. The van der Waals surface area contributed by atoms with Gasteiger partial charge in [0.05, 0.1) is 23.4 Å². The van der Waals surface area contributed by atoms with Crippen LogP contribution in [0.25, 0.3) is 0 Å². The van der Waals surface area contributed by atoms with Crippen LogP contribution in [0.4, 0.5) is 5.69 Å². The van der Waals surface area contributed by atoms with E-state index in [2.05, 4.69) is 39.5 Å². The Morgan fingerprint density at radius 2 is 1.91 bits per heavy atom. The molecule has 1 aliphatic carbocycles. The summed E-state index contributed by atoms with van der Waals surface area (Å²) in [5, 5.41) is 7.81. The molecule has 0 radical (unpaired) electrons. The third kappa shape index (κ3) is 2.76. The molecule has 1 saturated carbocycles. The molecule has 2 heterocycles. The average molecular weight is 328 g/mol. The van der Waals surface area contributed by atoms with Gasteiger partial charge in [-0.1, -0.05) is 36.6 Å². The van der Waals surface area contributed by atoms with E-state index in [9.17, 15) is 4.79 Å². The Morgan fingerprint density at radius 1 is 1.13 bits per heavy atom. The first-order chi connectivity index (χ1) is 11.3. The highest BCUT2D eigenvalue weighted by molar-refractivity contribution is 8.02. The van der Waals surface area contributed by atoms with Gasteiger partial charge < -0.3 is 0 Å². The molecule has 0 atom stereocenters. The van der Waals surface area contributed by atoms with Crippen molar-refractivity contribution < 1.29 is 4.79 Å². The highest BCUT2D eigenvalue weighted by Crippen LogP contribution is 2.48. The Balaban J connectivity index is 1.57. The van der Waals surface area contributed by atoms with E-state index >= 15 is 0 Å². The largest absolute Gasteiger partial charge is 0.297 e. The van der Waals surface area contributed by atoms with Crippen molar-refractivity contribution in [2.45, 2.75) is 43.5 Å². The van der Waals surface area contributed by atoms with Crippen molar-refractivity contribution in [1.29, 1.82) is 0 Å². The molecular weight excluding hydrogens is 308 g/mol. The molecule has 0 unspecified atom stereocenters. The number of hydrogen-bond acceptors (Lipinski definition) is 4. The van der Waals surface area contributed by atoms with Gasteiger partial charge in [-0.15, -0.1) is 16.9 Å². The summed E-state index contributed by atoms with van der Waals surface area (Å²) in [5.74, 6) is 0.863. The fraction of sp³-hybridized carbons (Fsp3) is 0.471. The van der Waals surface area contributed by atoms with Crippen molar-refractivity contribution >= 4 is 23.4 Å². The maximum absolute atomic E-state index is 12.5. The molecule has 1 aromatic carbocycles. The Labute approximate surface area is 140 Å². The third-order valence-corrected chi connectivity index (χ3v) is 6.29. The molecule has 2 aromatic rings. The second-order valence-electron chi connectivity index (χ2n) is 6.29.